The quantitative estimate of drug-likeness (QED) is 0.0351. The number of nitrogens with zero attached hydrogens (tertiary/aromatic N) is 1. The molecule has 1 aliphatic heterocycles. The number of aromatic nitrogens is 1. The number of H-pyrrole nitrogens is 1. The van der Waals surface area contributed by atoms with Gasteiger partial charge in [-0.3, -0.25) is 47.9 Å². The monoisotopic (exact) mass is 1050 g/mol. The van der Waals surface area contributed by atoms with Gasteiger partial charge >= 0.3 is 11.9 Å². The second kappa shape index (κ2) is 27.8. The van der Waals surface area contributed by atoms with Crippen LogP contribution < -0.4 is 48.7 Å². The van der Waals surface area contributed by atoms with Crippen LogP contribution in [0.1, 0.15) is 77.3 Å². The van der Waals surface area contributed by atoms with E-state index >= 15 is 0 Å². The first-order valence-electron chi connectivity index (χ1n) is 24.2. The Labute approximate surface area is 430 Å². The topological polar surface area (TPSA) is 424 Å². The molecule has 0 saturated carbocycles. The average molecular weight is 1050 g/mol. The van der Waals surface area contributed by atoms with Crippen molar-refractivity contribution >= 4 is 76.0 Å². The lowest BCUT2D eigenvalue weighted by Crippen LogP contribution is -2.60. The van der Waals surface area contributed by atoms with E-state index in [-0.39, 0.29) is 50.3 Å². The third-order valence-corrected chi connectivity index (χ3v) is 12.2. The number of nitrogens with one attached hydrogen (secondary N) is 8. The molecule has 26 heteroatoms. The Bertz CT molecular complexity index is 2570. The maximum Gasteiger partial charge on any atom is 0.326 e. The molecule has 1 aliphatic rings. The number of carboxylic acids is 2. The van der Waals surface area contributed by atoms with E-state index in [0.717, 1.165) is 21.4 Å². The Morgan fingerprint density at radius 3 is 1.91 bits per heavy atom. The van der Waals surface area contributed by atoms with Gasteiger partial charge in [0.25, 0.3) is 0 Å². The summed E-state index contributed by atoms with van der Waals surface area (Å²) in [6.07, 6.45) is 0.0370. The van der Waals surface area contributed by atoms with E-state index in [0.29, 0.717) is 5.56 Å². The number of aromatic amines is 1. The standard InChI is InChI=1S/C49H67N11O15/c1-24(2)18-36(49(74)75)58-41(66)25(3)53-44(69)35(21-39(51)63)57-43(68)33(15-16-40(64)65)55-47(72)38-10-7-17-60(38)48(73)26(4)54-46(71)37(23-61)59-45(70)34(19-27-11-13-29(62)14-12-27)56-42(67)31(50)20-28-22-52-32-9-6-5-8-30(28)32/h5-6,8-9,11-14,22,24-26,31,33-38,52,61-62H,7,10,15-21,23,50H2,1-4H3,(H2,51,63)(H,53,69)(H,54,71)(H,55,72)(H,56,67)(H,57,68)(H,58,66)(H,59,70)(H,64,65)(H,74,75)/t25-,26-,31-,33-,34-,35-,36-,37-,38-/m0/s1. The molecule has 26 nitrogen and oxygen atoms in total. The number of fused-ring (bicyclic) bond motifs is 1. The van der Waals surface area contributed by atoms with Gasteiger partial charge in [0, 0.05) is 36.5 Å². The summed E-state index contributed by atoms with van der Waals surface area (Å²) in [5.74, 6) is -11.4. The van der Waals surface area contributed by atoms with Crippen LogP contribution in [0.25, 0.3) is 10.9 Å². The molecule has 0 spiro atoms. The third kappa shape index (κ3) is 17.8. The highest BCUT2D eigenvalue weighted by atomic mass is 16.4. The second-order valence-electron chi connectivity index (χ2n) is 18.7. The van der Waals surface area contributed by atoms with E-state index in [4.69, 9.17) is 11.5 Å². The van der Waals surface area contributed by atoms with Crippen LogP contribution >= 0.6 is 0 Å². The van der Waals surface area contributed by atoms with E-state index < -0.39 is 145 Å². The van der Waals surface area contributed by atoms with Gasteiger partial charge in [0.15, 0.2) is 0 Å². The number of aliphatic carboxylic acids is 2. The predicted molar refractivity (Wildman–Crippen MR) is 266 cm³/mol. The number of primary amides is 1. The number of aliphatic hydroxyl groups is 1. The molecule has 2 heterocycles. The van der Waals surface area contributed by atoms with Crippen molar-refractivity contribution < 1.29 is 73.2 Å². The van der Waals surface area contributed by atoms with Crippen LogP contribution in [0.5, 0.6) is 5.75 Å². The minimum atomic E-state index is -1.76. The van der Waals surface area contributed by atoms with Crippen LogP contribution in [0.4, 0.5) is 0 Å². The largest absolute Gasteiger partial charge is 0.508 e. The van der Waals surface area contributed by atoms with Gasteiger partial charge in [-0.15, -0.1) is 0 Å². The van der Waals surface area contributed by atoms with Crippen molar-refractivity contribution in [1.29, 1.82) is 0 Å². The van der Waals surface area contributed by atoms with E-state index in [1.54, 1.807) is 20.0 Å². The molecule has 0 radical (unpaired) electrons. The zero-order chi connectivity index (χ0) is 55.7. The molecule has 1 saturated heterocycles. The van der Waals surface area contributed by atoms with Gasteiger partial charge in [-0.05, 0) is 81.2 Å². The van der Waals surface area contributed by atoms with Crippen LogP contribution in [0.3, 0.4) is 0 Å². The Kier molecular flexibility index (Phi) is 22.0. The number of nitrogens with two attached hydrogens (primary N) is 2. The van der Waals surface area contributed by atoms with E-state index in [2.05, 4.69) is 42.2 Å². The molecular formula is C49H67N11O15. The first-order valence-corrected chi connectivity index (χ1v) is 24.2. The number of likely N-dealkylation sites (tertiary alicyclic amines) is 1. The van der Waals surface area contributed by atoms with Gasteiger partial charge in [-0.1, -0.05) is 44.2 Å². The lowest BCUT2D eigenvalue weighted by Gasteiger charge is -2.29. The lowest BCUT2D eigenvalue weighted by molar-refractivity contribution is -0.143. The number of phenols is 1. The Balaban J connectivity index is 1.42. The molecule has 0 unspecified atom stereocenters. The smallest absolute Gasteiger partial charge is 0.326 e. The van der Waals surface area contributed by atoms with Crippen LogP contribution in [0, 0.1) is 5.92 Å². The van der Waals surface area contributed by atoms with Gasteiger partial charge in [0.05, 0.1) is 19.1 Å². The lowest BCUT2D eigenvalue weighted by atomic mass is 10.0. The summed E-state index contributed by atoms with van der Waals surface area (Å²) in [5, 5.41) is 56.6. The fourth-order valence-corrected chi connectivity index (χ4v) is 8.24. The van der Waals surface area contributed by atoms with Crippen LogP contribution in [0.15, 0.2) is 54.7 Å². The maximum atomic E-state index is 13.9. The molecule has 9 amide bonds. The summed E-state index contributed by atoms with van der Waals surface area (Å²) in [6.45, 7) is 5.00. The number of hydrogen-bond acceptors (Lipinski definition) is 14. The minimum absolute atomic E-state index is 0.0122. The average Bonchev–Trinajstić information content (AvgIpc) is 4.01. The zero-order valence-electron chi connectivity index (χ0n) is 41.9. The van der Waals surface area contributed by atoms with Crippen LogP contribution in [-0.4, -0.2) is 163 Å². The van der Waals surface area contributed by atoms with Crippen molar-refractivity contribution in [3.63, 3.8) is 0 Å². The number of amides is 9. The number of carbonyl (C=O) groups excluding carboxylic acids is 9. The zero-order valence-corrected chi connectivity index (χ0v) is 41.9. The SMILES string of the molecule is CC(C)C[C@H](NC(=O)[C@H](C)NC(=O)[C@H](CC(N)=O)NC(=O)[C@H](CCC(=O)O)NC(=O)[C@@H]1CCCN1C(=O)[C@H](C)NC(=O)[C@H](CO)NC(=O)[C@H](Cc1ccc(O)cc1)NC(=O)[C@@H](N)Cc1c[nH]c2ccccc12)C(=O)O. The van der Waals surface area contributed by atoms with Crippen molar-refractivity contribution in [1.82, 2.24) is 47.1 Å². The number of carbonyl (C=O) groups is 11. The molecule has 0 aliphatic carbocycles. The van der Waals surface area contributed by atoms with Crippen LogP contribution in [-0.2, 0) is 65.6 Å². The molecular weight excluding hydrogens is 983 g/mol. The number of hydrogen-bond donors (Lipinski definition) is 14. The Morgan fingerprint density at radius 1 is 0.693 bits per heavy atom. The summed E-state index contributed by atoms with van der Waals surface area (Å²) < 4.78 is 0. The molecule has 9 atom stereocenters. The molecule has 408 valence electrons. The normalized spacial score (nSPS) is 16.4. The number of carboxylic acid groups (broad SMARTS) is 2. The molecule has 4 rings (SSSR count). The first-order chi connectivity index (χ1) is 35.4. The highest BCUT2D eigenvalue weighted by Gasteiger charge is 2.39. The predicted octanol–water partition coefficient (Wildman–Crippen LogP) is -2.73. The van der Waals surface area contributed by atoms with Gasteiger partial charge in [0.1, 0.15) is 54.1 Å². The summed E-state index contributed by atoms with van der Waals surface area (Å²) in [5.41, 5.74) is 13.7. The second-order valence-corrected chi connectivity index (χ2v) is 18.7. The molecule has 1 fully saturated rings. The number of phenolic OH excluding ortho intramolecular Hbond substituents is 1. The first kappa shape index (κ1) is 59.4. The fourth-order valence-electron chi connectivity index (χ4n) is 8.24. The fraction of sp³-hybridized carbons (Fsp3) is 0.490. The van der Waals surface area contributed by atoms with Gasteiger partial charge in [-0.25, -0.2) is 4.79 Å². The molecule has 0 bridgehead atoms. The number of para-hydroxylation sites is 1. The third-order valence-electron chi connectivity index (χ3n) is 12.2. The number of aromatic hydroxyl groups is 1. The Hall–Kier alpha value is -8.13. The number of benzene rings is 2. The molecule has 16 N–H and O–H groups in total. The summed E-state index contributed by atoms with van der Waals surface area (Å²) >= 11 is 0. The summed E-state index contributed by atoms with van der Waals surface area (Å²) in [4.78, 5) is 148. The number of aliphatic hydroxyl groups excluding tert-OH is 1. The van der Waals surface area contributed by atoms with Crippen molar-refractivity contribution in [2.75, 3.05) is 13.2 Å². The Morgan fingerprint density at radius 2 is 1.28 bits per heavy atom. The maximum absolute atomic E-state index is 13.9. The van der Waals surface area contributed by atoms with Gasteiger partial charge in [0.2, 0.25) is 53.2 Å². The minimum Gasteiger partial charge on any atom is -0.508 e. The van der Waals surface area contributed by atoms with E-state index in [1.165, 1.54) is 38.1 Å². The molecule has 75 heavy (non-hydrogen) atoms. The van der Waals surface area contributed by atoms with Crippen molar-refractivity contribution in [2.45, 2.75) is 133 Å². The van der Waals surface area contributed by atoms with E-state index in [9.17, 15) is 73.2 Å². The van der Waals surface area contributed by atoms with Crippen molar-refractivity contribution in [3.8, 4) is 5.75 Å². The highest BCUT2D eigenvalue weighted by molar-refractivity contribution is 5.99. The van der Waals surface area contributed by atoms with Crippen molar-refractivity contribution in [2.24, 2.45) is 17.4 Å². The van der Waals surface area contributed by atoms with E-state index in [1.807, 2.05) is 24.3 Å². The van der Waals surface area contributed by atoms with Gasteiger partial charge in [-0.2, -0.15) is 0 Å². The van der Waals surface area contributed by atoms with Gasteiger partial charge < -0.3 is 79.0 Å². The number of rotatable bonds is 28. The molecule has 3 aromatic rings. The summed E-state index contributed by atoms with van der Waals surface area (Å²) in [7, 11) is 0. The molecule has 1 aromatic heterocycles. The van der Waals surface area contributed by atoms with Crippen molar-refractivity contribution in [3.05, 3.63) is 65.9 Å². The molecule has 2 aromatic carbocycles. The highest BCUT2D eigenvalue weighted by Crippen LogP contribution is 2.21. The summed E-state index contributed by atoms with van der Waals surface area (Å²) in [6, 6.07) is 0.251. The van der Waals surface area contributed by atoms with Crippen LogP contribution in [0.2, 0.25) is 0 Å².